The lowest BCUT2D eigenvalue weighted by Gasteiger charge is -2.24. The van der Waals surface area contributed by atoms with Gasteiger partial charge in [0.05, 0.1) is 17.9 Å². The average molecular weight is 692 g/mol. The Hall–Kier alpha value is -4.96. The molecule has 10 heteroatoms. The van der Waals surface area contributed by atoms with E-state index in [1.807, 2.05) is 36.3 Å². The van der Waals surface area contributed by atoms with Gasteiger partial charge in [-0.1, -0.05) is 51.1 Å². The van der Waals surface area contributed by atoms with E-state index in [1.165, 1.54) is 11.8 Å². The molecule has 0 spiro atoms. The highest BCUT2D eigenvalue weighted by molar-refractivity contribution is 7.09. The SMILES string of the molecule is Cc1csc([C@H]2CCCN2C(=O)c2cc(C(=O)N[C@@H](C)CCc3ccc(NCc4cccc(C(C)(C)C)c4)c(O)c3)cc(-c3ncco3)c2)n1. The molecule has 0 saturated carbocycles. The third kappa shape index (κ3) is 8.25. The molecule has 0 bridgehead atoms. The maximum Gasteiger partial charge on any atom is 0.254 e. The van der Waals surface area contributed by atoms with Crippen LogP contribution >= 0.6 is 11.3 Å². The van der Waals surface area contributed by atoms with E-state index in [4.69, 9.17) is 4.42 Å². The molecule has 2 atom stereocenters. The number of nitrogens with zero attached hydrogens (tertiary/aromatic N) is 3. The van der Waals surface area contributed by atoms with Crippen LogP contribution in [-0.4, -0.2) is 44.4 Å². The highest BCUT2D eigenvalue weighted by Crippen LogP contribution is 2.35. The second-order valence-electron chi connectivity index (χ2n) is 14.2. The quantitative estimate of drug-likeness (QED) is 0.119. The zero-order chi connectivity index (χ0) is 35.4. The normalized spacial score (nSPS) is 15.2. The highest BCUT2D eigenvalue weighted by atomic mass is 32.1. The standard InChI is InChI=1S/C40H45N5O4S/c1-25(11-12-27-13-14-33(35(46)19-27)42-23-28-8-6-9-32(18-28)40(3,4)5)43-36(47)29-20-30(37-41-15-17-49-37)22-31(21-29)39(48)45-16-7-10-34(45)38-44-26(2)24-50-38/h6,8-9,13-15,17-22,24-25,34,42,46H,7,10-12,16,23H2,1-5H3,(H,43,47)/t25-,34+/m0/s1. The Bertz CT molecular complexity index is 1960. The van der Waals surface area contributed by atoms with E-state index in [2.05, 4.69) is 65.6 Å². The lowest BCUT2D eigenvalue weighted by Crippen LogP contribution is -2.34. The van der Waals surface area contributed by atoms with Crippen LogP contribution in [-0.2, 0) is 18.4 Å². The number of oxazole rings is 1. The molecule has 0 radical (unpaired) electrons. The van der Waals surface area contributed by atoms with Crippen molar-refractivity contribution in [3.05, 3.63) is 117 Å². The smallest absolute Gasteiger partial charge is 0.254 e. The van der Waals surface area contributed by atoms with E-state index in [0.29, 0.717) is 54.2 Å². The molecule has 3 N–H and O–H groups in total. The number of rotatable bonds is 11. The first-order chi connectivity index (χ1) is 23.9. The maximum atomic E-state index is 13.9. The number of hydrogen-bond acceptors (Lipinski definition) is 8. The van der Waals surface area contributed by atoms with E-state index < -0.39 is 0 Å². The van der Waals surface area contributed by atoms with Gasteiger partial charge < -0.3 is 25.1 Å². The fourth-order valence-corrected chi connectivity index (χ4v) is 7.26. The number of amides is 2. The topological polar surface area (TPSA) is 121 Å². The molecule has 1 fully saturated rings. The Morgan fingerprint density at radius 3 is 2.62 bits per heavy atom. The summed E-state index contributed by atoms with van der Waals surface area (Å²) in [5.41, 5.74) is 6.41. The molecule has 1 aliphatic heterocycles. The zero-order valence-electron chi connectivity index (χ0n) is 29.3. The van der Waals surface area contributed by atoms with Gasteiger partial charge in [-0.2, -0.15) is 0 Å². The summed E-state index contributed by atoms with van der Waals surface area (Å²) in [5.74, 6) is 0.0989. The van der Waals surface area contributed by atoms with Crippen LogP contribution in [0, 0.1) is 6.92 Å². The maximum absolute atomic E-state index is 13.9. The molecule has 2 amide bonds. The van der Waals surface area contributed by atoms with Crippen molar-refractivity contribution in [2.24, 2.45) is 0 Å². The largest absolute Gasteiger partial charge is 0.506 e. The molecule has 1 aliphatic rings. The van der Waals surface area contributed by atoms with Gasteiger partial charge in [0.2, 0.25) is 5.89 Å². The second kappa shape index (κ2) is 14.9. The van der Waals surface area contributed by atoms with Gasteiger partial charge in [-0.05, 0) is 92.0 Å². The Labute approximate surface area is 297 Å². The van der Waals surface area contributed by atoms with Gasteiger partial charge in [0.1, 0.15) is 17.0 Å². The lowest BCUT2D eigenvalue weighted by atomic mass is 9.86. The number of likely N-dealkylation sites (tertiary alicyclic amines) is 1. The number of carbonyl (C=O) groups excluding carboxylic acids is 2. The van der Waals surface area contributed by atoms with Crippen LogP contribution < -0.4 is 10.6 Å². The number of anilines is 1. The Kier molecular flexibility index (Phi) is 10.4. The van der Waals surface area contributed by atoms with E-state index in [1.54, 1.807) is 41.8 Å². The molecule has 9 nitrogen and oxygen atoms in total. The third-order valence-corrected chi connectivity index (χ3v) is 10.2. The molecule has 1 saturated heterocycles. The van der Waals surface area contributed by atoms with Crippen molar-refractivity contribution in [2.75, 3.05) is 11.9 Å². The van der Waals surface area contributed by atoms with Crippen LogP contribution in [0.25, 0.3) is 11.5 Å². The number of aromatic nitrogens is 2. The third-order valence-electron chi connectivity index (χ3n) is 9.14. The van der Waals surface area contributed by atoms with Crippen molar-refractivity contribution in [2.45, 2.75) is 84.3 Å². The number of benzene rings is 3. The van der Waals surface area contributed by atoms with Crippen molar-refractivity contribution in [1.82, 2.24) is 20.2 Å². The van der Waals surface area contributed by atoms with Gasteiger partial charge in [-0.15, -0.1) is 11.3 Å². The fraction of sp³-hybridized carbons (Fsp3) is 0.350. The molecule has 3 aromatic carbocycles. The van der Waals surface area contributed by atoms with Gasteiger partial charge in [-0.3, -0.25) is 9.59 Å². The molecule has 50 heavy (non-hydrogen) atoms. The molecule has 6 rings (SSSR count). The Morgan fingerprint density at radius 1 is 1.08 bits per heavy atom. The number of aryl methyl sites for hydroxylation is 2. The van der Waals surface area contributed by atoms with E-state index in [9.17, 15) is 14.7 Å². The van der Waals surface area contributed by atoms with Crippen molar-refractivity contribution in [3.63, 3.8) is 0 Å². The van der Waals surface area contributed by atoms with E-state index in [0.717, 1.165) is 34.7 Å². The molecule has 5 aromatic rings. The van der Waals surface area contributed by atoms with Crippen LogP contribution in [0.3, 0.4) is 0 Å². The number of phenols is 1. The number of hydrogen-bond donors (Lipinski definition) is 3. The van der Waals surface area contributed by atoms with Gasteiger partial charge in [0, 0.05) is 46.9 Å². The summed E-state index contributed by atoms with van der Waals surface area (Å²) in [6.45, 7) is 11.7. The van der Waals surface area contributed by atoms with Gasteiger partial charge in [0.25, 0.3) is 11.8 Å². The summed E-state index contributed by atoms with van der Waals surface area (Å²) in [5, 5.41) is 20.2. The number of phenolic OH excluding ortho intramolecular Hbond substituents is 1. The van der Waals surface area contributed by atoms with Crippen molar-refractivity contribution >= 4 is 28.8 Å². The van der Waals surface area contributed by atoms with Crippen molar-refractivity contribution < 1.29 is 19.1 Å². The van der Waals surface area contributed by atoms with Gasteiger partial charge in [-0.25, -0.2) is 9.97 Å². The minimum atomic E-state index is -0.286. The highest BCUT2D eigenvalue weighted by Gasteiger charge is 2.33. The molecule has 0 unspecified atom stereocenters. The summed E-state index contributed by atoms with van der Waals surface area (Å²) >= 11 is 1.57. The van der Waals surface area contributed by atoms with Crippen LogP contribution in [0.1, 0.15) is 101 Å². The minimum Gasteiger partial charge on any atom is -0.506 e. The van der Waals surface area contributed by atoms with Crippen LogP contribution in [0.5, 0.6) is 5.75 Å². The predicted molar refractivity (Wildman–Crippen MR) is 198 cm³/mol. The summed E-state index contributed by atoms with van der Waals surface area (Å²) in [6.07, 6.45) is 6.08. The number of thiazole rings is 1. The van der Waals surface area contributed by atoms with E-state index in [-0.39, 0.29) is 35.1 Å². The van der Waals surface area contributed by atoms with Gasteiger partial charge in [0.15, 0.2) is 0 Å². The first-order valence-corrected chi connectivity index (χ1v) is 18.1. The van der Waals surface area contributed by atoms with Crippen LogP contribution in [0.4, 0.5) is 5.69 Å². The number of carbonyl (C=O) groups is 2. The predicted octanol–water partition coefficient (Wildman–Crippen LogP) is 8.45. The molecular formula is C40H45N5O4S. The zero-order valence-corrected chi connectivity index (χ0v) is 30.1. The molecule has 3 heterocycles. The first kappa shape index (κ1) is 34.9. The molecule has 2 aromatic heterocycles. The molecule has 0 aliphatic carbocycles. The van der Waals surface area contributed by atoms with Crippen molar-refractivity contribution in [1.29, 1.82) is 0 Å². The summed E-state index contributed by atoms with van der Waals surface area (Å²) in [4.78, 5) is 38.3. The minimum absolute atomic E-state index is 0.0684. The average Bonchev–Trinajstić information content (AvgIpc) is 3.89. The van der Waals surface area contributed by atoms with Gasteiger partial charge >= 0.3 is 0 Å². The summed E-state index contributed by atoms with van der Waals surface area (Å²) < 4.78 is 5.55. The fourth-order valence-electron chi connectivity index (χ4n) is 6.32. The molecule has 260 valence electrons. The summed E-state index contributed by atoms with van der Waals surface area (Å²) in [7, 11) is 0. The van der Waals surface area contributed by atoms with Crippen LogP contribution in [0.2, 0.25) is 0 Å². The summed E-state index contributed by atoms with van der Waals surface area (Å²) in [6, 6.07) is 19.0. The molecular weight excluding hydrogens is 647 g/mol. The lowest BCUT2D eigenvalue weighted by molar-refractivity contribution is 0.0735. The monoisotopic (exact) mass is 691 g/mol. The Morgan fingerprint density at radius 2 is 1.90 bits per heavy atom. The second-order valence-corrected chi connectivity index (χ2v) is 15.1. The Balaban J connectivity index is 1.10. The number of aromatic hydroxyl groups is 1. The number of nitrogens with one attached hydrogen (secondary N) is 2. The van der Waals surface area contributed by atoms with E-state index >= 15 is 0 Å². The van der Waals surface area contributed by atoms with Crippen molar-refractivity contribution in [3.8, 4) is 17.2 Å². The van der Waals surface area contributed by atoms with Crippen LogP contribution in [0.15, 0.2) is 82.9 Å². The first-order valence-electron chi connectivity index (χ1n) is 17.2.